The fourth-order valence-electron chi connectivity index (χ4n) is 5.62. The lowest BCUT2D eigenvalue weighted by Crippen LogP contribution is -2.51. The van der Waals surface area contributed by atoms with Crippen molar-refractivity contribution in [3.8, 4) is 0 Å². The van der Waals surface area contributed by atoms with E-state index in [1.54, 1.807) is 34.1 Å². The molecule has 0 aromatic heterocycles. The van der Waals surface area contributed by atoms with Crippen molar-refractivity contribution in [2.75, 3.05) is 32.7 Å². The summed E-state index contributed by atoms with van der Waals surface area (Å²) in [6.45, 7) is 13.9. The van der Waals surface area contributed by atoms with Crippen LogP contribution in [-0.2, 0) is 26.0 Å². The summed E-state index contributed by atoms with van der Waals surface area (Å²) in [5, 5.41) is 7.85. The number of sulfonamides is 1. The zero-order valence-corrected chi connectivity index (χ0v) is 27.8. The lowest BCUT2D eigenvalue weighted by atomic mass is 9.89. The minimum absolute atomic E-state index is 0.0487. The van der Waals surface area contributed by atoms with E-state index in [1.165, 1.54) is 0 Å². The maximum absolute atomic E-state index is 14.4. The summed E-state index contributed by atoms with van der Waals surface area (Å²) in [5.74, 6) is -0.433. The van der Waals surface area contributed by atoms with Gasteiger partial charge in [0.15, 0.2) is 0 Å². The number of carbonyl (C=O) groups excluding carboxylic acids is 2. The molecule has 1 aliphatic heterocycles. The van der Waals surface area contributed by atoms with E-state index in [1.807, 2.05) is 39.8 Å². The number of nitrogens with two attached hydrogens (primary N) is 2. The first-order chi connectivity index (χ1) is 20.7. The molecule has 6 N–H and O–H groups in total. The Balaban J connectivity index is 2.06. The molecule has 2 amide bonds. The summed E-state index contributed by atoms with van der Waals surface area (Å²) in [4.78, 5) is 30.3. The third-order valence-corrected chi connectivity index (χ3v) is 9.74. The van der Waals surface area contributed by atoms with Crippen LogP contribution in [0.3, 0.4) is 0 Å². The summed E-state index contributed by atoms with van der Waals surface area (Å²) >= 11 is 0. The van der Waals surface area contributed by atoms with Crippen LogP contribution in [0.5, 0.6) is 0 Å². The number of benzene rings is 2. The van der Waals surface area contributed by atoms with Gasteiger partial charge in [-0.2, -0.15) is 4.72 Å². The Hall–Kier alpha value is -3.28. The predicted octanol–water partition coefficient (Wildman–Crippen LogP) is 3.64. The topological polar surface area (TPSA) is 163 Å². The highest BCUT2D eigenvalue weighted by Gasteiger charge is 2.34. The fraction of sp³-hybridized carbons (Fsp3) is 0.545. The van der Waals surface area contributed by atoms with E-state index >= 15 is 0 Å². The van der Waals surface area contributed by atoms with Crippen molar-refractivity contribution in [3.05, 3.63) is 64.2 Å². The van der Waals surface area contributed by atoms with E-state index in [-0.39, 0.29) is 59.7 Å². The van der Waals surface area contributed by atoms with Crippen LogP contribution in [0.15, 0.2) is 41.3 Å². The van der Waals surface area contributed by atoms with Crippen LogP contribution >= 0.6 is 0 Å². The fourth-order valence-corrected chi connectivity index (χ4v) is 7.50. The average Bonchev–Trinajstić information content (AvgIpc) is 3.22. The molecule has 0 saturated carbocycles. The molecule has 2 aromatic carbocycles. The van der Waals surface area contributed by atoms with Gasteiger partial charge in [-0.3, -0.25) is 15.0 Å². The minimum atomic E-state index is -4.17. The van der Waals surface area contributed by atoms with E-state index in [9.17, 15) is 18.0 Å². The molecule has 1 saturated heterocycles. The van der Waals surface area contributed by atoms with Gasteiger partial charge in [-0.15, -0.1) is 0 Å². The molecule has 11 heteroatoms. The summed E-state index contributed by atoms with van der Waals surface area (Å²) in [5.41, 5.74) is 15.0. The molecule has 0 unspecified atom stereocenters. The number of amides is 2. The van der Waals surface area contributed by atoms with Crippen molar-refractivity contribution < 1.29 is 18.0 Å². The lowest BCUT2D eigenvalue weighted by Gasteiger charge is -2.29. The van der Waals surface area contributed by atoms with Crippen LogP contribution in [0.25, 0.3) is 0 Å². The monoisotopic (exact) mass is 626 g/mol. The highest BCUT2D eigenvalue weighted by Crippen LogP contribution is 2.35. The first-order valence-electron chi connectivity index (χ1n) is 15.6. The molecule has 0 spiro atoms. The Kier molecular flexibility index (Phi) is 12.1. The summed E-state index contributed by atoms with van der Waals surface area (Å²) < 4.78 is 31.6. The van der Waals surface area contributed by atoms with Gasteiger partial charge in [-0.25, -0.2) is 8.42 Å². The summed E-state index contributed by atoms with van der Waals surface area (Å²) in [6.07, 6.45) is 0.894. The largest absolute Gasteiger partial charge is 0.384 e. The van der Waals surface area contributed by atoms with Crippen molar-refractivity contribution in [2.24, 2.45) is 11.5 Å². The number of nitrogens with one attached hydrogen (secondary N) is 2. The Bertz CT molecular complexity index is 1420. The van der Waals surface area contributed by atoms with Crippen molar-refractivity contribution in [2.45, 2.75) is 89.5 Å². The van der Waals surface area contributed by atoms with Gasteiger partial charge in [0.25, 0.3) is 0 Å². The number of nitrogen functional groups attached to an aromatic ring is 1. The van der Waals surface area contributed by atoms with Crippen LogP contribution in [0.2, 0.25) is 0 Å². The van der Waals surface area contributed by atoms with Gasteiger partial charge < -0.3 is 21.3 Å². The molecule has 10 nitrogen and oxygen atoms in total. The summed E-state index contributed by atoms with van der Waals surface area (Å²) in [6, 6.07) is 9.80. The van der Waals surface area contributed by atoms with Crippen LogP contribution in [0.4, 0.5) is 0 Å². The predicted molar refractivity (Wildman–Crippen MR) is 175 cm³/mol. The standard InChI is InChI=1S/C33H50N6O4S/c1-21(2)26-19-27(22(3)4)31(28(20-26)23(5)6)44(42,43)37-29(18-24-9-7-10-25(17-24)32(35)36)33(41)39-14-8-13-38(15-16-39)30(40)11-12-34/h7,9-10,17,19-23,29,37H,8,11-16,18,34H2,1-6H3,(H3,35,36)/t29-/m0/s1. The molecule has 0 bridgehead atoms. The van der Waals surface area contributed by atoms with Crippen LogP contribution in [-0.4, -0.2) is 74.6 Å². The van der Waals surface area contributed by atoms with Crippen LogP contribution < -0.4 is 16.2 Å². The molecular formula is C33H50N6O4S. The second-order valence-electron chi connectivity index (χ2n) is 12.6. The van der Waals surface area contributed by atoms with E-state index in [4.69, 9.17) is 16.9 Å². The maximum atomic E-state index is 14.4. The number of hydrogen-bond acceptors (Lipinski definition) is 6. The number of nitrogens with zero attached hydrogens (tertiary/aromatic N) is 2. The second-order valence-corrected chi connectivity index (χ2v) is 14.2. The number of rotatable bonds is 12. The Morgan fingerprint density at radius 1 is 0.909 bits per heavy atom. The quantitative estimate of drug-likeness (QED) is 0.208. The number of carbonyl (C=O) groups is 2. The van der Waals surface area contributed by atoms with Gasteiger partial charge in [0, 0.05) is 44.7 Å². The molecule has 0 radical (unpaired) electrons. The molecule has 1 heterocycles. The number of hydrogen-bond donors (Lipinski definition) is 4. The van der Waals surface area contributed by atoms with Crippen molar-refractivity contribution in [1.82, 2.24) is 14.5 Å². The summed E-state index contributed by atoms with van der Waals surface area (Å²) in [7, 11) is -4.17. The van der Waals surface area contributed by atoms with Gasteiger partial charge in [0.1, 0.15) is 11.9 Å². The Labute approximate surface area is 263 Å². The molecule has 1 aliphatic rings. The highest BCUT2D eigenvalue weighted by molar-refractivity contribution is 7.89. The molecule has 1 fully saturated rings. The SMILES string of the molecule is CC(C)c1cc(C(C)C)c(S(=O)(=O)N[C@@H](Cc2cccc(C(=N)N)c2)C(=O)N2CCCN(C(=O)CCN)CC2)c(C(C)C)c1. The van der Waals surface area contributed by atoms with Gasteiger partial charge >= 0.3 is 0 Å². The first-order valence-corrected chi connectivity index (χ1v) is 17.0. The normalized spacial score (nSPS) is 15.1. The molecule has 2 aromatic rings. The Morgan fingerprint density at radius 3 is 2.05 bits per heavy atom. The van der Waals surface area contributed by atoms with Gasteiger partial charge in [0.2, 0.25) is 21.8 Å². The zero-order chi connectivity index (χ0) is 32.8. The molecule has 44 heavy (non-hydrogen) atoms. The first kappa shape index (κ1) is 35.2. The smallest absolute Gasteiger partial charge is 0.241 e. The molecule has 1 atom stereocenters. The zero-order valence-electron chi connectivity index (χ0n) is 27.0. The van der Waals surface area contributed by atoms with Crippen LogP contribution in [0, 0.1) is 5.41 Å². The van der Waals surface area contributed by atoms with Crippen LogP contribution in [0.1, 0.15) is 100.0 Å². The second kappa shape index (κ2) is 15.1. The van der Waals surface area contributed by atoms with Crippen molar-refractivity contribution >= 4 is 27.7 Å². The van der Waals surface area contributed by atoms with Crippen molar-refractivity contribution in [3.63, 3.8) is 0 Å². The lowest BCUT2D eigenvalue weighted by molar-refractivity contribution is -0.134. The van der Waals surface area contributed by atoms with E-state index in [0.29, 0.717) is 43.7 Å². The maximum Gasteiger partial charge on any atom is 0.241 e. The van der Waals surface area contributed by atoms with E-state index < -0.39 is 16.1 Å². The van der Waals surface area contributed by atoms with E-state index in [0.717, 1.165) is 16.7 Å². The van der Waals surface area contributed by atoms with Crippen molar-refractivity contribution in [1.29, 1.82) is 5.41 Å². The molecule has 0 aliphatic carbocycles. The third kappa shape index (κ3) is 8.67. The van der Waals surface area contributed by atoms with Gasteiger partial charge in [-0.05, 0) is 58.9 Å². The minimum Gasteiger partial charge on any atom is -0.384 e. The molecule has 242 valence electrons. The molecule has 3 rings (SSSR count). The Morgan fingerprint density at radius 2 is 1.50 bits per heavy atom. The van der Waals surface area contributed by atoms with Gasteiger partial charge in [0.05, 0.1) is 4.90 Å². The number of amidine groups is 1. The van der Waals surface area contributed by atoms with Gasteiger partial charge in [-0.1, -0.05) is 71.9 Å². The molecular weight excluding hydrogens is 576 g/mol. The highest BCUT2D eigenvalue weighted by atomic mass is 32.2. The average molecular weight is 627 g/mol. The third-order valence-electron chi connectivity index (χ3n) is 8.14. The van der Waals surface area contributed by atoms with E-state index in [2.05, 4.69) is 18.6 Å².